The first-order chi connectivity index (χ1) is 21.7. The minimum absolute atomic E-state index is 0.208. The van der Waals surface area contributed by atoms with Crippen LogP contribution in [0, 0.1) is 11.7 Å². The Morgan fingerprint density at radius 2 is 1.62 bits per heavy atom. The molecule has 2 aliphatic rings. The number of aromatic nitrogens is 1. The summed E-state index contributed by atoms with van der Waals surface area (Å²) in [5.41, 5.74) is 1.66. The number of benzene rings is 3. The smallest absolute Gasteiger partial charge is 0.338 e. The van der Waals surface area contributed by atoms with Crippen LogP contribution >= 0.6 is 23.1 Å². The maximum absolute atomic E-state index is 14.1. The number of imide groups is 1. The summed E-state index contributed by atoms with van der Waals surface area (Å²) in [6, 6.07) is 18.4. The number of hydrogen-bond donors (Lipinski definition) is 1. The Bertz CT molecular complexity index is 1850. The van der Waals surface area contributed by atoms with E-state index in [0.717, 1.165) is 28.0 Å². The summed E-state index contributed by atoms with van der Waals surface area (Å²) in [4.78, 5) is 67.8. The van der Waals surface area contributed by atoms with Crippen molar-refractivity contribution >= 4 is 58.2 Å². The lowest BCUT2D eigenvalue weighted by atomic mass is 9.83. The van der Waals surface area contributed by atoms with E-state index in [2.05, 4.69) is 5.32 Å². The number of carbonyl (C=O) groups is 4. The van der Waals surface area contributed by atoms with Gasteiger partial charge in [-0.05, 0) is 73.2 Å². The second-order valence-corrected chi connectivity index (χ2v) is 12.4. The van der Waals surface area contributed by atoms with Crippen molar-refractivity contribution in [2.75, 3.05) is 23.9 Å². The Morgan fingerprint density at radius 1 is 0.933 bits per heavy atom. The van der Waals surface area contributed by atoms with Crippen molar-refractivity contribution in [1.82, 2.24) is 4.57 Å². The average Bonchev–Trinajstić information content (AvgIpc) is 3.48. The van der Waals surface area contributed by atoms with Gasteiger partial charge in [-0.1, -0.05) is 35.2 Å². The van der Waals surface area contributed by atoms with E-state index in [-0.39, 0.29) is 18.7 Å². The zero-order valence-electron chi connectivity index (χ0n) is 24.0. The SMILES string of the molecule is CCOC(=O)c1ccc(N2C(=O)[C@H]3[C@H](c4ccc(OC)cc4)c4sc(=O)n(CC(=O)Nc5ccc(F)cc5)c4S[C@H]3C2=O)cc1. The molecule has 1 fully saturated rings. The number of halogens is 1. The number of hydrogen-bond acceptors (Lipinski definition) is 9. The zero-order valence-corrected chi connectivity index (χ0v) is 25.7. The number of thioether (sulfide) groups is 1. The number of nitrogens with zero attached hydrogens (tertiary/aromatic N) is 2. The third-order valence-corrected chi connectivity index (χ3v) is 10.2. The predicted molar refractivity (Wildman–Crippen MR) is 166 cm³/mol. The van der Waals surface area contributed by atoms with Crippen LogP contribution in [-0.4, -0.2) is 47.2 Å². The Hall–Kier alpha value is -4.75. The summed E-state index contributed by atoms with van der Waals surface area (Å²) < 4.78 is 25.0. The molecule has 1 saturated heterocycles. The molecule has 0 saturated carbocycles. The van der Waals surface area contributed by atoms with E-state index in [4.69, 9.17) is 9.47 Å². The molecule has 13 heteroatoms. The summed E-state index contributed by atoms with van der Waals surface area (Å²) in [7, 11) is 1.54. The van der Waals surface area contributed by atoms with Gasteiger partial charge in [-0.2, -0.15) is 0 Å². The van der Waals surface area contributed by atoms with Crippen LogP contribution in [0.2, 0.25) is 0 Å². The highest BCUT2D eigenvalue weighted by molar-refractivity contribution is 8.00. The summed E-state index contributed by atoms with van der Waals surface area (Å²) in [5, 5.41) is 2.21. The molecule has 0 unspecified atom stereocenters. The van der Waals surface area contributed by atoms with Gasteiger partial charge in [0.25, 0.3) is 0 Å². The lowest BCUT2D eigenvalue weighted by molar-refractivity contribution is -0.122. The highest BCUT2D eigenvalue weighted by atomic mass is 32.2. The van der Waals surface area contributed by atoms with E-state index < -0.39 is 51.5 Å². The van der Waals surface area contributed by atoms with Crippen molar-refractivity contribution in [1.29, 1.82) is 0 Å². The first-order valence-electron chi connectivity index (χ1n) is 13.9. The van der Waals surface area contributed by atoms with E-state index in [1.54, 1.807) is 31.2 Å². The molecule has 6 rings (SSSR count). The Balaban J connectivity index is 1.37. The molecule has 45 heavy (non-hydrogen) atoms. The molecule has 0 radical (unpaired) electrons. The molecule has 3 heterocycles. The van der Waals surface area contributed by atoms with Crippen LogP contribution in [0.5, 0.6) is 5.75 Å². The third kappa shape index (κ3) is 5.64. The Kier molecular flexibility index (Phi) is 8.30. The second kappa shape index (κ2) is 12.3. The maximum Gasteiger partial charge on any atom is 0.338 e. The van der Waals surface area contributed by atoms with E-state index in [0.29, 0.717) is 32.6 Å². The molecule has 4 aromatic rings. The van der Waals surface area contributed by atoms with Crippen molar-refractivity contribution in [3.8, 4) is 5.75 Å². The monoisotopic (exact) mass is 647 g/mol. The summed E-state index contributed by atoms with van der Waals surface area (Å²) in [6.07, 6.45) is 0. The molecule has 1 N–H and O–H groups in total. The van der Waals surface area contributed by atoms with Crippen molar-refractivity contribution in [2.24, 2.45) is 5.92 Å². The van der Waals surface area contributed by atoms with Crippen LogP contribution in [0.1, 0.15) is 33.6 Å². The van der Waals surface area contributed by atoms with E-state index in [9.17, 15) is 28.4 Å². The fourth-order valence-corrected chi connectivity index (χ4v) is 8.29. The van der Waals surface area contributed by atoms with Crippen LogP contribution in [-0.2, 0) is 25.7 Å². The standard InChI is InChI=1S/C32H26FN3O7S2/c1-3-43-31(40)18-4-12-21(13-5-18)36-28(38)25-24(17-6-14-22(42-2)15-7-17)27-30(44-26(25)29(36)39)35(32(41)45-27)16-23(37)34-20-10-8-19(33)9-11-20/h4-15,24-26H,3,16H2,1-2H3,(H,34,37)/t24-,25-,26+/m0/s1. The van der Waals surface area contributed by atoms with E-state index in [1.807, 2.05) is 0 Å². The van der Waals surface area contributed by atoms with Gasteiger partial charge in [0.1, 0.15) is 23.4 Å². The minimum atomic E-state index is -0.887. The minimum Gasteiger partial charge on any atom is -0.497 e. The van der Waals surface area contributed by atoms with Gasteiger partial charge in [0.05, 0.1) is 35.9 Å². The number of carbonyl (C=O) groups excluding carboxylic acids is 4. The van der Waals surface area contributed by atoms with Gasteiger partial charge < -0.3 is 14.8 Å². The normalized spacial score (nSPS) is 18.7. The molecule has 10 nitrogen and oxygen atoms in total. The first-order valence-corrected chi connectivity index (χ1v) is 15.6. The molecular weight excluding hydrogens is 621 g/mol. The van der Waals surface area contributed by atoms with Crippen LogP contribution < -0.4 is 19.8 Å². The van der Waals surface area contributed by atoms with Crippen molar-refractivity contribution in [3.05, 3.63) is 104 Å². The quantitative estimate of drug-likeness (QED) is 0.216. The van der Waals surface area contributed by atoms with Gasteiger partial charge in [-0.15, -0.1) is 0 Å². The van der Waals surface area contributed by atoms with Crippen LogP contribution in [0.25, 0.3) is 0 Å². The van der Waals surface area contributed by atoms with Crippen LogP contribution in [0.4, 0.5) is 15.8 Å². The van der Waals surface area contributed by atoms with Gasteiger partial charge in [0, 0.05) is 16.5 Å². The fourth-order valence-electron chi connectivity index (χ4n) is 5.52. The summed E-state index contributed by atoms with van der Waals surface area (Å²) in [5.74, 6) is -3.28. The Labute approximate surface area is 264 Å². The van der Waals surface area contributed by atoms with Gasteiger partial charge in [0.15, 0.2) is 0 Å². The second-order valence-electron chi connectivity index (χ2n) is 10.3. The molecular formula is C32H26FN3O7S2. The number of fused-ring (bicyclic) bond motifs is 2. The topological polar surface area (TPSA) is 124 Å². The molecule has 230 valence electrons. The summed E-state index contributed by atoms with van der Waals surface area (Å²) >= 11 is 2.02. The zero-order chi connectivity index (χ0) is 31.8. The highest BCUT2D eigenvalue weighted by Gasteiger charge is 2.56. The van der Waals surface area contributed by atoms with E-state index >= 15 is 0 Å². The maximum atomic E-state index is 14.1. The van der Waals surface area contributed by atoms with Gasteiger partial charge in [0.2, 0.25) is 17.7 Å². The van der Waals surface area contributed by atoms with Crippen molar-refractivity contribution in [3.63, 3.8) is 0 Å². The number of esters is 1. The van der Waals surface area contributed by atoms with Crippen LogP contribution in [0.15, 0.2) is 82.6 Å². The number of amides is 3. The highest BCUT2D eigenvalue weighted by Crippen LogP contribution is 2.54. The van der Waals surface area contributed by atoms with Gasteiger partial charge >= 0.3 is 10.8 Å². The van der Waals surface area contributed by atoms with E-state index in [1.165, 1.54) is 60.2 Å². The lowest BCUT2D eigenvalue weighted by Gasteiger charge is -2.30. The summed E-state index contributed by atoms with van der Waals surface area (Å²) in [6.45, 7) is 1.56. The molecule has 3 amide bonds. The average molecular weight is 648 g/mol. The predicted octanol–water partition coefficient (Wildman–Crippen LogP) is 4.67. The molecule has 0 spiro atoms. The number of rotatable bonds is 8. The van der Waals surface area contributed by atoms with Crippen molar-refractivity contribution < 1.29 is 33.0 Å². The lowest BCUT2D eigenvalue weighted by Crippen LogP contribution is -2.33. The van der Waals surface area contributed by atoms with Gasteiger partial charge in [-0.3, -0.25) is 23.7 Å². The molecule has 3 atom stereocenters. The van der Waals surface area contributed by atoms with Gasteiger partial charge in [-0.25, -0.2) is 14.1 Å². The number of nitrogens with one attached hydrogen (secondary N) is 1. The van der Waals surface area contributed by atoms with Crippen LogP contribution in [0.3, 0.4) is 0 Å². The molecule has 0 bridgehead atoms. The third-order valence-electron chi connectivity index (χ3n) is 7.59. The Morgan fingerprint density at radius 3 is 2.27 bits per heavy atom. The number of anilines is 2. The molecule has 1 aromatic heterocycles. The molecule has 0 aliphatic carbocycles. The first kappa shape index (κ1) is 30.3. The number of methoxy groups -OCH3 is 1. The number of thiazole rings is 1. The molecule has 2 aliphatic heterocycles. The molecule has 3 aromatic carbocycles. The largest absolute Gasteiger partial charge is 0.497 e. The fraction of sp³-hybridized carbons (Fsp3) is 0.219. The van der Waals surface area contributed by atoms with Crippen molar-refractivity contribution in [2.45, 2.75) is 29.7 Å². The number of ether oxygens (including phenoxy) is 2.